The minimum Gasteiger partial charge on any atom is -0.369 e. The quantitative estimate of drug-likeness (QED) is 0.681. The molecule has 7 nitrogen and oxygen atoms in total. The number of fused-ring (bicyclic) bond motifs is 2. The Morgan fingerprint density at radius 1 is 1.41 bits per heavy atom. The molecule has 34 heavy (non-hydrogen) atoms. The molecule has 3 unspecified atom stereocenters. The number of aromatic nitrogens is 1. The van der Waals surface area contributed by atoms with Crippen LogP contribution in [0.4, 0.5) is 18.9 Å². The summed E-state index contributed by atoms with van der Waals surface area (Å²) in [4.78, 5) is 19.1. The van der Waals surface area contributed by atoms with E-state index in [2.05, 4.69) is 10.3 Å². The van der Waals surface area contributed by atoms with Crippen molar-refractivity contribution in [2.75, 3.05) is 58.2 Å². The zero-order valence-corrected chi connectivity index (χ0v) is 18.2. The summed E-state index contributed by atoms with van der Waals surface area (Å²) in [7, 11) is 0. The second kappa shape index (κ2) is 7.55. The van der Waals surface area contributed by atoms with Crippen molar-refractivity contribution in [2.24, 2.45) is 10.8 Å². The predicted molar refractivity (Wildman–Crippen MR) is 119 cm³/mol. The fraction of sp³-hybridized carbons (Fsp3) is 0.542. The van der Waals surface area contributed by atoms with Gasteiger partial charge in [0.1, 0.15) is 30.7 Å². The number of halogens is 3. The van der Waals surface area contributed by atoms with Crippen LogP contribution in [0.25, 0.3) is 10.9 Å². The van der Waals surface area contributed by atoms with Gasteiger partial charge in [0.2, 0.25) is 5.91 Å². The highest BCUT2D eigenvalue weighted by atomic mass is 19.4. The molecule has 2 aliphatic heterocycles. The van der Waals surface area contributed by atoms with Crippen LogP contribution in [0, 0.1) is 22.2 Å². The van der Waals surface area contributed by atoms with E-state index in [0.717, 1.165) is 0 Å². The van der Waals surface area contributed by atoms with Crippen LogP contribution < -0.4 is 10.2 Å². The van der Waals surface area contributed by atoms with E-state index in [1.54, 1.807) is 18.2 Å². The maximum atomic E-state index is 14.5. The van der Waals surface area contributed by atoms with E-state index in [0.29, 0.717) is 16.6 Å². The summed E-state index contributed by atoms with van der Waals surface area (Å²) < 4.78 is 94.7. The number of hydrogen-bond donors (Lipinski definition) is 1. The Morgan fingerprint density at radius 3 is 2.97 bits per heavy atom. The van der Waals surface area contributed by atoms with Gasteiger partial charge in [0.25, 0.3) is 0 Å². The number of anilines is 1. The molecule has 0 radical (unpaired) electrons. The van der Waals surface area contributed by atoms with Gasteiger partial charge in [0.15, 0.2) is 0 Å². The molecule has 0 bridgehead atoms. The molecule has 1 aromatic carbocycles. The topological polar surface area (TPSA) is 78.2 Å². The lowest BCUT2D eigenvalue weighted by Crippen LogP contribution is -2.56. The van der Waals surface area contributed by atoms with E-state index in [4.69, 9.17) is 13.0 Å². The molecule has 2 saturated heterocycles. The number of carbonyl (C=O) groups is 1. The SMILES string of the molecule is [2H]C([2H])([2H])[N+]1(C([2H])([2H])[2H])CCOC(CNC(=O)C23CN(c4ccc(C#N)c5ncccc45)CC2(C(F)(F)F)C3)C1. The van der Waals surface area contributed by atoms with E-state index >= 15 is 0 Å². The summed E-state index contributed by atoms with van der Waals surface area (Å²) in [6.45, 7) is -7.73. The fourth-order valence-corrected chi connectivity index (χ4v) is 5.48. The van der Waals surface area contributed by atoms with Crippen LogP contribution in [0.2, 0.25) is 0 Å². The van der Waals surface area contributed by atoms with Crippen molar-refractivity contribution < 1.29 is 35.4 Å². The van der Waals surface area contributed by atoms with Gasteiger partial charge < -0.3 is 19.4 Å². The van der Waals surface area contributed by atoms with Crippen LogP contribution in [0.5, 0.6) is 0 Å². The average molecular weight is 481 g/mol. The van der Waals surface area contributed by atoms with Crippen molar-refractivity contribution in [2.45, 2.75) is 18.7 Å². The third-order valence-electron chi connectivity index (χ3n) is 7.33. The van der Waals surface area contributed by atoms with Gasteiger partial charge in [0, 0.05) is 36.9 Å². The van der Waals surface area contributed by atoms with Crippen molar-refractivity contribution in [1.82, 2.24) is 10.3 Å². The van der Waals surface area contributed by atoms with Crippen LogP contribution >= 0.6 is 0 Å². The molecule has 1 aliphatic carbocycles. The van der Waals surface area contributed by atoms with E-state index < -0.39 is 67.0 Å². The van der Waals surface area contributed by atoms with Gasteiger partial charge >= 0.3 is 6.18 Å². The minimum absolute atomic E-state index is 0.192. The fourth-order valence-electron chi connectivity index (χ4n) is 5.48. The molecule has 0 spiro atoms. The molecular weight excluding hydrogens is 447 g/mol. The Kier molecular flexibility index (Phi) is 3.70. The molecular formula is C24H27F3N5O2+. The van der Waals surface area contributed by atoms with Gasteiger partial charge in [-0.25, -0.2) is 0 Å². The number of hydrogen-bond acceptors (Lipinski definition) is 5. The highest BCUT2D eigenvalue weighted by Gasteiger charge is 2.86. The molecule has 1 amide bonds. The summed E-state index contributed by atoms with van der Waals surface area (Å²) in [5.74, 6) is -0.849. The lowest BCUT2D eigenvalue weighted by atomic mass is 9.94. The Labute approximate surface area is 204 Å². The number of piperidine rings is 1. The first-order valence-electron chi connectivity index (χ1n) is 13.9. The Bertz CT molecular complexity index is 1380. The highest BCUT2D eigenvalue weighted by Crippen LogP contribution is 2.75. The number of ether oxygens (including phenoxy) is 1. The zero-order valence-electron chi connectivity index (χ0n) is 24.2. The van der Waals surface area contributed by atoms with Gasteiger partial charge in [-0.1, -0.05) is 0 Å². The van der Waals surface area contributed by atoms with E-state index in [9.17, 15) is 23.2 Å². The summed E-state index contributed by atoms with van der Waals surface area (Å²) in [5, 5.41) is 12.4. The largest absolute Gasteiger partial charge is 0.397 e. The number of nitrogens with zero attached hydrogens (tertiary/aromatic N) is 4. The van der Waals surface area contributed by atoms with Crippen molar-refractivity contribution in [1.29, 1.82) is 5.26 Å². The summed E-state index contributed by atoms with van der Waals surface area (Å²) >= 11 is 0. The van der Waals surface area contributed by atoms with Crippen molar-refractivity contribution in [3.05, 3.63) is 36.0 Å². The van der Waals surface area contributed by atoms with Crippen LogP contribution in [0.1, 0.15) is 20.2 Å². The van der Waals surface area contributed by atoms with Crippen LogP contribution in [0.15, 0.2) is 30.5 Å². The van der Waals surface area contributed by atoms with Crippen molar-refractivity contribution in [3.63, 3.8) is 0 Å². The number of nitrogens with one attached hydrogen (secondary N) is 1. The third-order valence-corrected chi connectivity index (χ3v) is 7.33. The number of pyridine rings is 1. The van der Waals surface area contributed by atoms with Gasteiger partial charge in [-0.3, -0.25) is 9.78 Å². The molecule has 3 heterocycles. The number of nitriles is 1. The molecule has 10 heteroatoms. The number of amides is 1. The molecule has 1 saturated carbocycles. The molecule has 180 valence electrons. The monoisotopic (exact) mass is 480 g/mol. The summed E-state index contributed by atoms with van der Waals surface area (Å²) in [6.07, 6.45) is -4.62. The van der Waals surface area contributed by atoms with Gasteiger partial charge in [-0.15, -0.1) is 0 Å². The number of carbonyl (C=O) groups excluding carboxylic acids is 1. The standard InChI is InChI=1S/C24H26F3N5O2/c1-32(2)8-9-34-17(12-32)11-30-21(33)22-13-23(22,24(25,26)27)15-31(14-22)19-6-5-16(10-28)20-18(19)4-3-7-29-20/h3-7,17H,8-9,11-15H2,1-2H3/p+1/i1D3,2D3. The number of quaternary nitrogens is 1. The molecule has 1 N–H and O–H groups in total. The van der Waals surface area contributed by atoms with Gasteiger partial charge in [0.05, 0.1) is 45.3 Å². The van der Waals surface area contributed by atoms with Crippen LogP contribution in [-0.4, -0.2) is 80.9 Å². The number of likely N-dealkylation sites (N-methyl/N-ethyl adjacent to an activating group) is 1. The lowest BCUT2D eigenvalue weighted by Gasteiger charge is -2.38. The smallest absolute Gasteiger partial charge is 0.369 e. The average Bonchev–Trinajstić information content (AvgIpc) is 3.42. The van der Waals surface area contributed by atoms with E-state index in [-0.39, 0.29) is 31.8 Å². The molecule has 5 rings (SSSR count). The summed E-state index contributed by atoms with van der Waals surface area (Å²) in [6, 6.07) is 8.35. The van der Waals surface area contributed by atoms with Crippen molar-refractivity contribution >= 4 is 22.5 Å². The zero-order chi connectivity index (χ0) is 29.4. The number of rotatable bonds is 4. The molecule has 1 aromatic heterocycles. The Balaban J connectivity index is 1.39. The normalized spacial score (nSPS) is 33.4. The molecule has 3 fully saturated rings. The number of morpholine rings is 1. The first kappa shape index (κ1) is 16.7. The Hall–Kier alpha value is -2.90. The van der Waals surface area contributed by atoms with Crippen molar-refractivity contribution in [3.8, 4) is 6.07 Å². The maximum absolute atomic E-state index is 14.5. The second-order valence-electron chi connectivity index (χ2n) is 9.42. The first-order valence-corrected chi connectivity index (χ1v) is 10.9. The van der Waals surface area contributed by atoms with Crippen LogP contribution in [-0.2, 0) is 9.53 Å². The number of benzene rings is 1. The van der Waals surface area contributed by atoms with Crippen LogP contribution in [0.3, 0.4) is 0 Å². The highest BCUT2D eigenvalue weighted by molar-refractivity contribution is 5.97. The van der Waals surface area contributed by atoms with E-state index in [1.807, 2.05) is 6.07 Å². The number of alkyl halides is 3. The second-order valence-corrected chi connectivity index (χ2v) is 9.42. The summed E-state index contributed by atoms with van der Waals surface area (Å²) in [5.41, 5.74) is -3.03. The molecule has 2 aromatic rings. The van der Waals surface area contributed by atoms with E-state index in [1.165, 1.54) is 17.2 Å². The Morgan fingerprint density at radius 2 is 2.24 bits per heavy atom. The molecule has 3 aliphatic rings. The minimum atomic E-state index is -4.68. The van der Waals surface area contributed by atoms with Gasteiger partial charge in [-0.05, 0) is 30.7 Å². The van der Waals surface area contributed by atoms with Gasteiger partial charge in [-0.2, -0.15) is 18.4 Å². The third kappa shape index (κ3) is 3.41. The predicted octanol–water partition coefficient (Wildman–Crippen LogP) is 2.46. The first-order chi connectivity index (χ1) is 18.5. The lowest BCUT2D eigenvalue weighted by molar-refractivity contribution is -0.901. The molecule has 3 atom stereocenters. The maximum Gasteiger partial charge on any atom is 0.397 e.